The molecule has 1 atom stereocenters. The van der Waals surface area contributed by atoms with Gasteiger partial charge in [0, 0.05) is 57.1 Å². The van der Waals surface area contributed by atoms with Gasteiger partial charge in [0.25, 0.3) is 0 Å². The first-order valence-electron chi connectivity index (χ1n) is 9.77. The Morgan fingerprint density at radius 1 is 1.26 bits per heavy atom. The van der Waals surface area contributed by atoms with E-state index in [1.165, 1.54) is 5.56 Å². The first-order valence-corrected chi connectivity index (χ1v) is 9.77. The van der Waals surface area contributed by atoms with Crippen LogP contribution in [0.15, 0.2) is 42.7 Å². The van der Waals surface area contributed by atoms with E-state index in [2.05, 4.69) is 62.0 Å². The van der Waals surface area contributed by atoms with Gasteiger partial charge in [0.2, 0.25) is 5.91 Å². The van der Waals surface area contributed by atoms with Crippen molar-refractivity contribution in [3.8, 4) is 0 Å². The molecule has 4 rings (SSSR count). The number of benzene rings is 1. The highest BCUT2D eigenvalue weighted by molar-refractivity contribution is 5.82. The summed E-state index contributed by atoms with van der Waals surface area (Å²) in [5.41, 5.74) is 1.65. The Labute approximate surface area is 161 Å². The molecule has 1 spiro atoms. The third-order valence-electron chi connectivity index (χ3n) is 5.99. The largest absolute Gasteiger partial charge is 0.353 e. The Morgan fingerprint density at radius 2 is 2.04 bits per heavy atom. The maximum Gasteiger partial charge on any atom is 0.237 e. The lowest BCUT2D eigenvalue weighted by molar-refractivity contribution is -0.125. The van der Waals surface area contributed by atoms with Crippen LogP contribution < -0.4 is 5.32 Å². The van der Waals surface area contributed by atoms with Crippen LogP contribution >= 0.6 is 0 Å². The lowest BCUT2D eigenvalue weighted by Gasteiger charge is -2.48. The summed E-state index contributed by atoms with van der Waals surface area (Å²) in [6, 6.07) is 10.6. The second kappa shape index (κ2) is 7.44. The molecule has 0 saturated carbocycles. The summed E-state index contributed by atoms with van der Waals surface area (Å²) < 4.78 is 2.06. The normalized spacial score (nSPS) is 22.1. The number of imidazole rings is 1. The van der Waals surface area contributed by atoms with E-state index in [1.54, 1.807) is 6.20 Å². The molecule has 1 N–H and O–H groups in total. The Hall–Kier alpha value is -2.18. The third kappa shape index (κ3) is 3.92. The van der Waals surface area contributed by atoms with Crippen molar-refractivity contribution in [1.29, 1.82) is 0 Å². The predicted molar refractivity (Wildman–Crippen MR) is 105 cm³/mol. The summed E-state index contributed by atoms with van der Waals surface area (Å²) in [6.45, 7) is 7.59. The second-order valence-corrected chi connectivity index (χ2v) is 8.22. The van der Waals surface area contributed by atoms with Gasteiger partial charge < -0.3 is 9.88 Å². The van der Waals surface area contributed by atoms with Crippen molar-refractivity contribution < 1.29 is 4.79 Å². The molecule has 1 aromatic carbocycles. The molecule has 0 radical (unpaired) electrons. The first kappa shape index (κ1) is 18.2. The molecule has 2 saturated heterocycles. The van der Waals surface area contributed by atoms with Gasteiger partial charge in [-0.2, -0.15) is 0 Å². The minimum Gasteiger partial charge on any atom is -0.353 e. The summed E-state index contributed by atoms with van der Waals surface area (Å²) >= 11 is 0. The Bertz CT molecular complexity index is 781. The number of aromatic nitrogens is 2. The molecule has 0 aliphatic carbocycles. The van der Waals surface area contributed by atoms with Crippen LogP contribution in [-0.2, 0) is 17.9 Å². The minimum atomic E-state index is -0.00670. The quantitative estimate of drug-likeness (QED) is 0.841. The zero-order chi connectivity index (χ0) is 18.9. The van der Waals surface area contributed by atoms with Gasteiger partial charge in [0.1, 0.15) is 5.82 Å². The highest BCUT2D eigenvalue weighted by Crippen LogP contribution is 2.42. The fourth-order valence-corrected chi connectivity index (χ4v) is 4.70. The van der Waals surface area contributed by atoms with E-state index >= 15 is 0 Å². The van der Waals surface area contributed by atoms with Gasteiger partial charge in [-0.05, 0) is 26.0 Å². The molecule has 2 fully saturated rings. The average molecular weight is 367 g/mol. The average Bonchev–Trinajstić information content (AvgIpc) is 3.19. The molecular formula is C21H29N5O. The zero-order valence-electron chi connectivity index (χ0n) is 16.3. The molecule has 3 heterocycles. The highest BCUT2D eigenvalue weighted by Gasteiger charge is 2.51. The van der Waals surface area contributed by atoms with Gasteiger partial charge >= 0.3 is 0 Å². The van der Waals surface area contributed by atoms with Crippen molar-refractivity contribution in [2.45, 2.75) is 32.5 Å². The van der Waals surface area contributed by atoms with E-state index in [0.717, 1.165) is 45.0 Å². The number of aryl methyl sites for hydroxylation is 1. The number of carbonyl (C=O) groups excluding carboxylic acids is 1. The topological polar surface area (TPSA) is 53.4 Å². The molecule has 0 bridgehead atoms. The Kier molecular flexibility index (Phi) is 5.02. The fourth-order valence-electron chi connectivity index (χ4n) is 4.70. The van der Waals surface area contributed by atoms with E-state index < -0.39 is 0 Å². The van der Waals surface area contributed by atoms with Crippen LogP contribution in [-0.4, -0.2) is 64.5 Å². The molecule has 2 aliphatic heterocycles. The summed E-state index contributed by atoms with van der Waals surface area (Å²) in [4.78, 5) is 21.6. The van der Waals surface area contributed by atoms with Crippen molar-refractivity contribution in [1.82, 2.24) is 24.7 Å². The van der Waals surface area contributed by atoms with Crippen LogP contribution in [0.1, 0.15) is 17.8 Å². The van der Waals surface area contributed by atoms with Gasteiger partial charge in [0.15, 0.2) is 0 Å². The van der Waals surface area contributed by atoms with E-state index in [1.807, 2.05) is 13.1 Å². The van der Waals surface area contributed by atoms with Crippen molar-refractivity contribution >= 4 is 5.91 Å². The lowest BCUT2D eigenvalue weighted by Crippen LogP contribution is -2.56. The Balaban J connectivity index is 1.25. The lowest BCUT2D eigenvalue weighted by atomic mass is 9.77. The maximum absolute atomic E-state index is 12.7. The number of hydrogen-bond donors (Lipinski definition) is 1. The second-order valence-electron chi connectivity index (χ2n) is 8.22. The number of hydrogen-bond acceptors (Lipinski definition) is 4. The standard InChI is InChI=1S/C21H29N5O/c1-17-22-8-10-26(17)11-9-23-20(27)19-12-21(14-24(19)2)15-25(16-21)13-18-6-4-3-5-7-18/h3-8,10,19H,9,11-16H2,1-2H3,(H,23,27). The van der Waals surface area contributed by atoms with Crippen LogP contribution in [0.3, 0.4) is 0 Å². The predicted octanol–water partition coefficient (Wildman–Crippen LogP) is 1.51. The minimum absolute atomic E-state index is 0.00670. The molecule has 1 aromatic heterocycles. The van der Waals surface area contributed by atoms with E-state index in [9.17, 15) is 4.79 Å². The monoisotopic (exact) mass is 367 g/mol. The van der Waals surface area contributed by atoms with Gasteiger partial charge in [-0.15, -0.1) is 0 Å². The SMILES string of the molecule is Cc1nccn1CCNC(=O)C1CC2(CN(Cc3ccccc3)C2)CN1C. The fraction of sp³-hybridized carbons (Fsp3) is 0.524. The highest BCUT2D eigenvalue weighted by atomic mass is 16.2. The maximum atomic E-state index is 12.7. The number of likely N-dealkylation sites (N-methyl/N-ethyl adjacent to an activating group) is 1. The molecule has 1 unspecified atom stereocenters. The van der Waals surface area contributed by atoms with Crippen molar-refractivity contribution in [2.24, 2.45) is 5.41 Å². The van der Waals surface area contributed by atoms with Gasteiger partial charge in [0.05, 0.1) is 6.04 Å². The van der Waals surface area contributed by atoms with E-state index in [-0.39, 0.29) is 17.4 Å². The van der Waals surface area contributed by atoms with Crippen molar-refractivity contribution in [2.75, 3.05) is 33.2 Å². The number of likely N-dealkylation sites (tertiary alicyclic amines) is 2. The molecule has 27 heavy (non-hydrogen) atoms. The molecule has 2 aromatic rings. The number of nitrogens with one attached hydrogen (secondary N) is 1. The molecule has 6 nitrogen and oxygen atoms in total. The zero-order valence-corrected chi connectivity index (χ0v) is 16.3. The van der Waals surface area contributed by atoms with Crippen LogP contribution in [0.25, 0.3) is 0 Å². The summed E-state index contributed by atoms with van der Waals surface area (Å²) in [5, 5.41) is 3.11. The van der Waals surface area contributed by atoms with Gasteiger partial charge in [-0.25, -0.2) is 4.98 Å². The summed E-state index contributed by atoms with van der Waals surface area (Å²) in [6.07, 6.45) is 4.71. The molecule has 144 valence electrons. The Morgan fingerprint density at radius 3 is 2.74 bits per heavy atom. The van der Waals surface area contributed by atoms with Crippen LogP contribution in [0.4, 0.5) is 0 Å². The number of carbonyl (C=O) groups is 1. The molecular weight excluding hydrogens is 338 g/mol. The first-order chi connectivity index (χ1) is 13.0. The smallest absolute Gasteiger partial charge is 0.237 e. The summed E-state index contributed by atoms with van der Waals surface area (Å²) in [5.74, 6) is 1.14. The third-order valence-corrected chi connectivity index (χ3v) is 5.99. The van der Waals surface area contributed by atoms with Crippen LogP contribution in [0.5, 0.6) is 0 Å². The van der Waals surface area contributed by atoms with Gasteiger partial charge in [-0.3, -0.25) is 14.6 Å². The van der Waals surface area contributed by atoms with Gasteiger partial charge in [-0.1, -0.05) is 30.3 Å². The number of rotatable bonds is 6. The van der Waals surface area contributed by atoms with E-state index in [0.29, 0.717) is 6.54 Å². The van der Waals surface area contributed by atoms with Crippen LogP contribution in [0.2, 0.25) is 0 Å². The van der Waals surface area contributed by atoms with Crippen LogP contribution in [0, 0.1) is 12.3 Å². The van der Waals surface area contributed by atoms with Crippen molar-refractivity contribution in [3.05, 3.63) is 54.1 Å². The number of nitrogens with zero attached hydrogens (tertiary/aromatic N) is 4. The molecule has 6 heteroatoms. The molecule has 2 aliphatic rings. The number of amides is 1. The van der Waals surface area contributed by atoms with E-state index in [4.69, 9.17) is 0 Å². The summed E-state index contributed by atoms with van der Waals surface area (Å²) in [7, 11) is 2.08. The molecule has 1 amide bonds. The van der Waals surface area contributed by atoms with Crippen molar-refractivity contribution in [3.63, 3.8) is 0 Å².